The first-order valence-corrected chi connectivity index (χ1v) is 8.78. The number of hydrogen-bond donors (Lipinski definition) is 1. The van der Waals surface area contributed by atoms with Gasteiger partial charge in [0.15, 0.2) is 0 Å². The van der Waals surface area contributed by atoms with Crippen molar-refractivity contribution in [1.82, 2.24) is 9.80 Å². The predicted molar refractivity (Wildman–Crippen MR) is 97.1 cm³/mol. The van der Waals surface area contributed by atoms with E-state index in [0.717, 1.165) is 31.9 Å². The van der Waals surface area contributed by atoms with E-state index in [9.17, 15) is 4.79 Å². The van der Waals surface area contributed by atoms with Gasteiger partial charge in [0.1, 0.15) is 0 Å². The molecule has 0 atom stereocenters. The van der Waals surface area contributed by atoms with Crippen molar-refractivity contribution in [3.8, 4) is 0 Å². The van der Waals surface area contributed by atoms with Crippen LogP contribution in [0, 0.1) is 11.8 Å². The third kappa shape index (κ3) is 5.40. The number of carbonyl (C=O) groups excluding carboxylic acids is 1. The van der Waals surface area contributed by atoms with Gasteiger partial charge in [-0.2, -0.15) is 0 Å². The zero-order chi connectivity index (χ0) is 17.0. The van der Waals surface area contributed by atoms with Crippen LogP contribution in [0.3, 0.4) is 0 Å². The van der Waals surface area contributed by atoms with Gasteiger partial charge in [0.2, 0.25) is 0 Å². The standard InChI is InChI=1S/C18H28ClN3O/c1-13(2)9-21(10-14(3)4)17-11-22(12-17)18(23)20-16-7-5-15(19)6-8-16/h5-8,13-14,17H,9-12H2,1-4H3,(H,20,23). The topological polar surface area (TPSA) is 35.6 Å². The molecule has 0 unspecified atom stereocenters. The Balaban J connectivity index is 1.83. The van der Waals surface area contributed by atoms with E-state index in [1.165, 1.54) is 0 Å². The van der Waals surface area contributed by atoms with E-state index in [1.807, 2.05) is 17.0 Å². The van der Waals surface area contributed by atoms with Crippen molar-refractivity contribution >= 4 is 23.3 Å². The SMILES string of the molecule is CC(C)CN(CC(C)C)C1CN(C(=O)Nc2ccc(Cl)cc2)C1. The van der Waals surface area contributed by atoms with Gasteiger partial charge in [0.05, 0.1) is 0 Å². The van der Waals surface area contributed by atoms with Crippen molar-refractivity contribution < 1.29 is 4.79 Å². The lowest BCUT2D eigenvalue weighted by Crippen LogP contribution is -2.62. The Morgan fingerprint density at radius 3 is 2.17 bits per heavy atom. The van der Waals surface area contributed by atoms with Gasteiger partial charge in [-0.15, -0.1) is 0 Å². The molecule has 1 aromatic carbocycles. The second-order valence-electron chi connectivity index (χ2n) is 7.24. The zero-order valence-corrected chi connectivity index (χ0v) is 15.3. The molecule has 0 saturated carbocycles. The third-order valence-electron chi connectivity index (χ3n) is 3.96. The van der Waals surface area contributed by atoms with Crippen LogP contribution in [0.1, 0.15) is 27.7 Å². The highest BCUT2D eigenvalue weighted by Crippen LogP contribution is 2.20. The molecule has 0 aromatic heterocycles. The monoisotopic (exact) mass is 337 g/mol. The molecular formula is C18H28ClN3O. The summed E-state index contributed by atoms with van der Waals surface area (Å²) >= 11 is 5.86. The number of halogens is 1. The lowest BCUT2D eigenvalue weighted by atomic mass is 10.0. The van der Waals surface area contributed by atoms with Crippen LogP contribution in [-0.4, -0.2) is 48.1 Å². The van der Waals surface area contributed by atoms with Gasteiger partial charge in [-0.05, 0) is 36.1 Å². The number of anilines is 1. The first-order chi connectivity index (χ1) is 10.8. The molecule has 1 saturated heterocycles. The van der Waals surface area contributed by atoms with Crippen LogP contribution in [0.4, 0.5) is 10.5 Å². The molecule has 2 amide bonds. The zero-order valence-electron chi connectivity index (χ0n) is 14.6. The van der Waals surface area contributed by atoms with Gasteiger partial charge in [0.25, 0.3) is 0 Å². The van der Waals surface area contributed by atoms with E-state index in [2.05, 4.69) is 37.9 Å². The molecule has 1 N–H and O–H groups in total. The number of urea groups is 1. The first-order valence-electron chi connectivity index (χ1n) is 8.40. The lowest BCUT2D eigenvalue weighted by molar-refractivity contribution is 0.0464. The molecule has 1 heterocycles. The van der Waals surface area contributed by atoms with Gasteiger partial charge < -0.3 is 10.2 Å². The van der Waals surface area contributed by atoms with Gasteiger partial charge in [-0.25, -0.2) is 4.79 Å². The number of hydrogen-bond acceptors (Lipinski definition) is 2. The average molecular weight is 338 g/mol. The summed E-state index contributed by atoms with van der Waals surface area (Å²) in [6, 6.07) is 7.66. The molecule has 0 aliphatic carbocycles. The summed E-state index contributed by atoms with van der Waals surface area (Å²) in [4.78, 5) is 16.7. The number of likely N-dealkylation sites (tertiary alicyclic amines) is 1. The minimum atomic E-state index is -0.0300. The molecule has 23 heavy (non-hydrogen) atoms. The summed E-state index contributed by atoms with van der Waals surface area (Å²) < 4.78 is 0. The lowest BCUT2D eigenvalue weighted by Gasteiger charge is -2.46. The summed E-state index contributed by atoms with van der Waals surface area (Å²) in [6.07, 6.45) is 0. The number of benzene rings is 1. The number of nitrogens with one attached hydrogen (secondary N) is 1. The Bertz CT molecular complexity index is 500. The van der Waals surface area contributed by atoms with Crippen LogP contribution >= 0.6 is 11.6 Å². The molecule has 1 aliphatic rings. The molecule has 1 aliphatic heterocycles. The molecule has 5 heteroatoms. The van der Waals surface area contributed by atoms with Crippen molar-refractivity contribution in [1.29, 1.82) is 0 Å². The van der Waals surface area contributed by atoms with Gasteiger partial charge in [-0.1, -0.05) is 39.3 Å². The fraction of sp³-hybridized carbons (Fsp3) is 0.611. The van der Waals surface area contributed by atoms with Crippen molar-refractivity contribution in [3.05, 3.63) is 29.3 Å². The van der Waals surface area contributed by atoms with Crippen molar-refractivity contribution in [2.24, 2.45) is 11.8 Å². The van der Waals surface area contributed by atoms with Gasteiger partial charge >= 0.3 is 6.03 Å². The number of nitrogens with zero attached hydrogens (tertiary/aromatic N) is 2. The Kier molecular flexibility index (Phi) is 6.31. The van der Waals surface area contributed by atoms with Crippen LogP contribution in [0.25, 0.3) is 0 Å². The van der Waals surface area contributed by atoms with Crippen LogP contribution in [0.5, 0.6) is 0 Å². The maximum absolute atomic E-state index is 12.3. The Morgan fingerprint density at radius 2 is 1.70 bits per heavy atom. The fourth-order valence-electron chi connectivity index (χ4n) is 2.90. The number of amides is 2. The minimum Gasteiger partial charge on any atom is -0.321 e. The minimum absolute atomic E-state index is 0.0300. The fourth-order valence-corrected chi connectivity index (χ4v) is 3.02. The maximum atomic E-state index is 12.3. The summed E-state index contributed by atoms with van der Waals surface area (Å²) in [7, 11) is 0. The normalized spacial score (nSPS) is 15.4. The first kappa shape index (κ1) is 18.1. The molecule has 128 valence electrons. The second kappa shape index (κ2) is 8.02. The van der Waals surface area contributed by atoms with E-state index in [4.69, 9.17) is 11.6 Å². The largest absolute Gasteiger partial charge is 0.321 e. The van der Waals surface area contributed by atoms with E-state index in [0.29, 0.717) is 22.9 Å². The molecule has 0 radical (unpaired) electrons. The second-order valence-corrected chi connectivity index (χ2v) is 7.67. The summed E-state index contributed by atoms with van der Waals surface area (Å²) in [5, 5.41) is 3.59. The third-order valence-corrected chi connectivity index (χ3v) is 4.21. The predicted octanol–water partition coefficient (Wildman–Crippen LogP) is 4.17. The summed E-state index contributed by atoms with van der Waals surface area (Å²) in [5.74, 6) is 1.29. The maximum Gasteiger partial charge on any atom is 0.321 e. The van der Waals surface area contributed by atoms with Gasteiger partial charge in [-0.3, -0.25) is 4.90 Å². The molecule has 1 aromatic rings. The molecule has 0 spiro atoms. The van der Waals surface area contributed by atoms with E-state index >= 15 is 0 Å². The van der Waals surface area contributed by atoms with Crippen LogP contribution in [0.15, 0.2) is 24.3 Å². The van der Waals surface area contributed by atoms with Gasteiger partial charge in [0, 0.05) is 42.9 Å². The van der Waals surface area contributed by atoms with Crippen LogP contribution < -0.4 is 5.32 Å². The number of rotatable bonds is 6. The molecule has 1 fully saturated rings. The number of carbonyl (C=O) groups is 1. The highest BCUT2D eigenvalue weighted by Gasteiger charge is 2.35. The van der Waals surface area contributed by atoms with Crippen LogP contribution in [-0.2, 0) is 0 Å². The molecule has 2 rings (SSSR count). The summed E-state index contributed by atoms with van der Waals surface area (Å²) in [5.41, 5.74) is 0.782. The Morgan fingerprint density at radius 1 is 1.17 bits per heavy atom. The van der Waals surface area contributed by atoms with Crippen molar-refractivity contribution in [2.75, 3.05) is 31.5 Å². The van der Waals surface area contributed by atoms with E-state index in [-0.39, 0.29) is 6.03 Å². The molecular weight excluding hydrogens is 310 g/mol. The average Bonchev–Trinajstić information content (AvgIpc) is 2.38. The Hall–Kier alpha value is -1.26. The molecule has 0 bridgehead atoms. The van der Waals surface area contributed by atoms with Crippen molar-refractivity contribution in [2.45, 2.75) is 33.7 Å². The van der Waals surface area contributed by atoms with Crippen LogP contribution in [0.2, 0.25) is 5.02 Å². The quantitative estimate of drug-likeness (QED) is 0.845. The summed E-state index contributed by atoms with van der Waals surface area (Å²) in [6.45, 7) is 12.8. The Labute approximate surface area is 144 Å². The smallest absolute Gasteiger partial charge is 0.321 e. The van der Waals surface area contributed by atoms with E-state index in [1.54, 1.807) is 12.1 Å². The highest BCUT2D eigenvalue weighted by atomic mass is 35.5. The van der Waals surface area contributed by atoms with E-state index < -0.39 is 0 Å². The van der Waals surface area contributed by atoms with Crippen molar-refractivity contribution in [3.63, 3.8) is 0 Å². The molecule has 4 nitrogen and oxygen atoms in total. The highest BCUT2D eigenvalue weighted by molar-refractivity contribution is 6.30.